The van der Waals surface area contributed by atoms with Crippen molar-refractivity contribution in [1.29, 1.82) is 0 Å². The first kappa shape index (κ1) is 26.3. The van der Waals surface area contributed by atoms with Gasteiger partial charge in [0.1, 0.15) is 11.5 Å². The standard InChI is InChI=1S/C15H20N2O2.C15H18N2O2/c2*1-3-11-7-8-13-12(15(11)18-2)10-16-17(13)14-6-4-5-9-19-14/h7-8,10,14H,3-6,9H2,1-2H3;3,7-8,10,14H,1,4-6,9H2,2H3. The summed E-state index contributed by atoms with van der Waals surface area (Å²) in [6.45, 7) is 7.59. The summed E-state index contributed by atoms with van der Waals surface area (Å²) >= 11 is 0. The van der Waals surface area contributed by atoms with Gasteiger partial charge in [-0.1, -0.05) is 25.6 Å². The van der Waals surface area contributed by atoms with Crippen LogP contribution < -0.4 is 9.47 Å². The van der Waals surface area contributed by atoms with Gasteiger partial charge in [0.05, 0.1) is 48.4 Å². The zero-order chi connectivity index (χ0) is 26.5. The highest BCUT2D eigenvalue weighted by Gasteiger charge is 2.21. The molecule has 2 aliphatic rings. The van der Waals surface area contributed by atoms with Gasteiger partial charge >= 0.3 is 0 Å². The summed E-state index contributed by atoms with van der Waals surface area (Å²) in [5.74, 6) is 1.77. The molecule has 2 aliphatic heterocycles. The SMILES string of the molecule is C=Cc1ccc2c(cnn2C2CCCCO2)c1OC.CCc1ccc2c(cnn2C2CCCCO2)c1OC. The van der Waals surface area contributed by atoms with Gasteiger partial charge in [0.15, 0.2) is 12.5 Å². The molecule has 6 rings (SSSR count). The van der Waals surface area contributed by atoms with Crippen LogP contribution in [0, 0.1) is 0 Å². The Morgan fingerprint density at radius 1 is 0.842 bits per heavy atom. The number of nitrogens with zero attached hydrogens (tertiary/aromatic N) is 4. The van der Waals surface area contributed by atoms with Crippen molar-refractivity contribution < 1.29 is 18.9 Å². The topological polar surface area (TPSA) is 72.6 Å². The molecule has 2 atom stereocenters. The number of fused-ring (bicyclic) bond motifs is 2. The average molecular weight is 519 g/mol. The van der Waals surface area contributed by atoms with Crippen molar-refractivity contribution in [2.75, 3.05) is 27.4 Å². The third-order valence-corrected chi connectivity index (χ3v) is 7.44. The van der Waals surface area contributed by atoms with E-state index in [9.17, 15) is 0 Å². The predicted molar refractivity (Wildman–Crippen MR) is 150 cm³/mol. The fraction of sp³-hybridized carbons (Fsp3) is 0.467. The van der Waals surface area contributed by atoms with Gasteiger partial charge in [-0.05, 0) is 68.7 Å². The molecule has 0 amide bonds. The first-order valence-corrected chi connectivity index (χ1v) is 13.6. The minimum Gasteiger partial charge on any atom is -0.496 e. The molecule has 2 unspecified atom stereocenters. The summed E-state index contributed by atoms with van der Waals surface area (Å²) in [5.41, 5.74) is 4.36. The molecule has 2 aromatic carbocycles. The average Bonchev–Trinajstić information content (AvgIpc) is 3.62. The number of ether oxygens (including phenoxy) is 4. The Morgan fingerprint density at radius 2 is 1.39 bits per heavy atom. The quantitative estimate of drug-likeness (QED) is 0.283. The molecule has 2 fully saturated rings. The van der Waals surface area contributed by atoms with Crippen LogP contribution in [0.15, 0.2) is 43.2 Å². The smallest absolute Gasteiger partial charge is 0.150 e. The lowest BCUT2D eigenvalue weighted by atomic mass is 10.1. The third kappa shape index (κ3) is 5.02. The summed E-state index contributed by atoms with van der Waals surface area (Å²) < 4.78 is 26.6. The van der Waals surface area contributed by atoms with Crippen molar-refractivity contribution in [3.8, 4) is 11.5 Å². The molecule has 8 nitrogen and oxygen atoms in total. The van der Waals surface area contributed by atoms with Crippen LogP contribution in [0.3, 0.4) is 0 Å². The Morgan fingerprint density at radius 3 is 1.87 bits per heavy atom. The Bertz CT molecular complexity index is 1380. The molecule has 0 N–H and O–H groups in total. The number of hydrogen-bond donors (Lipinski definition) is 0. The minimum absolute atomic E-state index is 0.0468. The van der Waals surface area contributed by atoms with E-state index in [4.69, 9.17) is 18.9 Å². The largest absolute Gasteiger partial charge is 0.496 e. The van der Waals surface area contributed by atoms with E-state index in [1.165, 1.54) is 18.4 Å². The van der Waals surface area contributed by atoms with Crippen LogP contribution in [-0.2, 0) is 15.9 Å². The first-order valence-electron chi connectivity index (χ1n) is 13.6. The van der Waals surface area contributed by atoms with Crippen LogP contribution in [0.2, 0.25) is 0 Å². The van der Waals surface area contributed by atoms with Crippen LogP contribution in [0.4, 0.5) is 0 Å². The lowest BCUT2D eigenvalue weighted by Gasteiger charge is -2.23. The van der Waals surface area contributed by atoms with E-state index in [2.05, 4.69) is 41.9 Å². The second kappa shape index (κ2) is 12.0. The number of aromatic nitrogens is 4. The summed E-state index contributed by atoms with van der Waals surface area (Å²) in [5, 5.41) is 11.1. The first-order chi connectivity index (χ1) is 18.7. The zero-order valence-corrected chi connectivity index (χ0v) is 22.7. The van der Waals surface area contributed by atoms with Crippen LogP contribution in [0.25, 0.3) is 27.9 Å². The lowest BCUT2D eigenvalue weighted by Crippen LogP contribution is -2.18. The number of aryl methyl sites for hydroxylation is 1. The molecule has 0 aliphatic carbocycles. The molecular weight excluding hydrogens is 480 g/mol. The van der Waals surface area contributed by atoms with Gasteiger partial charge < -0.3 is 18.9 Å². The highest BCUT2D eigenvalue weighted by atomic mass is 16.5. The molecule has 4 aromatic rings. The Kier molecular flexibility index (Phi) is 8.29. The summed E-state index contributed by atoms with van der Waals surface area (Å²) in [4.78, 5) is 0. The summed E-state index contributed by atoms with van der Waals surface area (Å²) in [6.07, 6.45) is 13.4. The fourth-order valence-corrected chi connectivity index (χ4v) is 5.45. The maximum absolute atomic E-state index is 5.82. The molecule has 0 radical (unpaired) electrons. The molecule has 2 saturated heterocycles. The maximum atomic E-state index is 5.82. The van der Waals surface area contributed by atoms with Crippen LogP contribution in [0.1, 0.15) is 69.0 Å². The highest BCUT2D eigenvalue weighted by Crippen LogP contribution is 2.34. The van der Waals surface area contributed by atoms with Crippen molar-refractivity contribution in [2.24, 2.45) is 0 Å². The molecule has 0 saturated carbocycles. The number of rotatable bonds is 6. The van der Waals surface area contributed by atoms with Crippen LogP contribution in [-0.4, -0.2) is 47.0 Å². The van der Waals surface area contributed by atoms with E-state index in [-0.39, 0.29) is 12.5 Å². The van der Waals surface area contributed by atoms with Gasteiger partial charge in [-0.3, -0.25) is 0 Å². The van der Waals surface area contributed by atoms with E-state index >= 15 is 0 Å². The van der Waals surface area contributed by atoms with E-state index in [1.54, 1.807) is 20.3 Å². The van der Waals surface area contributed by atoms with Gasteiger partial charge in [-0.2, -0.15) is 10.2 Å². The number of benzene rings is 2. The predicted octanol–water partition coefficient (Wildman–Crippen LogP) is 6.69. The number of hydrogen-bond acceptors (Lipinski definition) is 6. The van der Waals surface area contributed by atoms with Crippen molar-refractivity contribution in [3.63, 3.8) is 0 Å². The monoisotopic (exact) mass is 518 g/mol. The van der Waals surface area contributed by atoms with Crippen molar-refractivity contribution in [1.82, 2.24) is 19.6 Å². The van der Waals surface area contributed by atoms with Crippen molar-refractivity contribution >= 4 is 27.9 Å². The Labute approximate surface area is 224 Å². The minimum atomic E-state index is 0.0468. The van der Waals surface area contributed by atoms with Gasteiger partial charge in [0.2, 0.25) is 0 Å². The van der Waals surface area contributed by atoms with E-state index in [0.29, 0.717) is 0 Å². The maximum Gasteiger partial charge on any atom is 0.150 e. The molecule has 8 heteroatoms. The molecule has 38 heavy (non-hydrogen) atoms. The molecule has 4 heterocycles. The van der Waals surface area contributed by atoms with Crippen LogP contribution in [0.5, 0.6) is 11.5 Å². The second-order valence-corrected chi connectivity index (χ2v) is 9.69. The zero-order valence-electron chi connectivity index (χ0n) is 22.7. The molecule has 0 bridgehead atoms. The number of methoxy groups -OCH3 is 2. The lowest BCUT2D eigenvalue weighted by molar-refractivity contribution is -0.0367. The van der Waals surface area contributed by atoms with Crippen LogP contribution >= 0.6 is 0 Å². The van der Waals surface area contributed by atoms with Gasteiger partial charge in [-0.15, -0.1) is 0 Å². The van der Waals surface area contributed by atoms with E-state index < -0.39 is 0 Å². The molecular formula is C30H38N4O4. The van der Waals surface area contributed by atoms with Crippen molar-refractivity contribution in [3.05, 3.63) is 54.4 Å². The van der Waals surface area contributed by atoms with Crippen molar-refractivity contribution in [2.45, 2.75) is 64.3 Å². The highest BCUT2D eigenvalue weighted by molar-refractivity contribution is 5.89. The Hall–Kier alpha value is -3.36. The summed E-state index contributed by atoms with van der Waals surface area (Å²) in [6, 6.07) is 8.32. The molecule has 0 spiro atoms. The molecule has 202 valence electrons. The van der Waals surface area contributed by atoms with E-state index in [0.717, 1.165) is 84.2 Å². The van der Waals surface area contributed by atoms with Gasteiger partial charge in [0.25, 0.3) is 0 Å². The molecule has 2 aromatic heterocycles. The van der Waals surface area contributed by atoms with E-state index in [1.807, 2.05) is 27.8 Å². The fourth-order valence-electron chi connectivity index (χ4n) is 5.45. The summed E-state index contributed by atoms with van der Waals surface area (Å²) in [7, 11) is 3.40. The Balaban J connectivity index is 0.000000155. The third-order valence-electron chi connectivity index (χ3n) is 7.44. The van der Waals surface area contributed by atoms with Gasteiger partial charge in [-0.25, -0.2) is 9.36 Å². The normalized spacial score (nSPS) is 19.7. The second-order valence-electron chi connectivity index (χ2n) is 9.69. The van der Waals surface area contributed by atoms with Gasteiger partial charge in [0, 0.05) is 18.8 Å².